The van der Waals surface area contributed by atoms with E-state index in [0.29, 0.717) is 13.1 Å². The molecule has 0 unspecified atom stereocenters. The van der Waals surface area contributed by atoms with Crippen molar-refractivity contribution in [1.29, 1.82) is 0 Å². The van der Waals surface area contributed by atoms with Crippen LogP contribution in [-0.4, -0.2) is 27.4 Å². The van der Waals surface area contributed by atoms with Crippen molar-refractivity contribution in [1.82, 2.24) is 14.9 Å². The number of hydrogen-bond donors (Lipinski definition) is 1. The van der Waals surface area contributed by atoms with Crippen LogP contribution < -0.4 is 5.32 Å². The zero-order chi connectivity index (χ0) is 18.6. The Kier molecular flexibility index (Phi) is 4.83. The maximum Gasteiger partial charge on any atom is 0.322 e. The molecule has 0 aliphatic carbocycles. The van der Waals surface area contributed by atoms with Gasteiger partial charge < -0.3 is 10.2 Å². The van der Waals surface area contributed by atoms with Gasteiger partial charge in [0.25, 0.3) is 0 Å². The zero-order valence-electron chi connectivity index (χ0n) is 15.4. The first kappa shape index (κ1) is 17.2. The molecule has 0 fully saturated rings. The molecule has 2 heterocycles. The summed E-state index contributed by atoms with van der Waals surface area (Å²) >= 11 is 0. The van der Waals surface area contributed by atoms with Gasteiger partial charge in [-0.15, -0.1) is 0 Å². The zero-order valence-corrected chi connectivity index (χ0v) is 15.4. The van der Waals surface area contributed by atoms with Gasteiger partial charge in [0, 0.05) is 36.0 Å². The minimum Gasteiger partial charge on any atom is -0.320 e. The molecule has 0 bridgehead atoms. The van der Waals surface area contributed by atoms with Crippen LogP contribution in [0.15, 0.2) is 60.8 Å². The largest absolute Gasteiger partial charge is 0.322 e. The van der Waals surface area contributed by atoms with Gasteiger partial charge in [0.05, 0.1) is 12.2 Å². The highest BCUT2D eigenvalue weighted by molar-refractivity contribution is 5.89. The Morgan fingerprint density at radius 3 is 2.81 bits per heavy atom. The summed E-state index contributed by atoms with van der Waals surface area (Å²) in [5.41, 5.74) is 5.09. The third-order valence-electron chi connectivity index (χ3n) is 4.84. The highest BCUT2D eigenvalue weighted by Gasteiger charge is 2.22. The third kappa shape index (κ3) is 3.82. The number of aryl methyl sites for hydroxylation is 1. The van der Waals surface area contributed by atoms with Gasteiger partial charge in [-0.1, -0.05) is 49.4 Å². The van der Waals surface area contributed by atoms with Crippen molar-refractivity contribution in [3.05, 3.63) is 77.6 Å². The molecule has 0 radical (unpaired) electrons. The molecule has 0 spiro atoms. The second kappa shape index (κ2) is 7.58. The average molecular weight is 358 g/mol. The first-order valence-electron chi connectivity index (χ1n) is 9.28. The number of fused-ring (bicyclic) bond motifs is 1. The summed E-state index contributed by atoms with van der Waals surface area (Å²) in [6, 6.07) is 17.9. The van der Waals surface area contributed by atoms with Crippen molar-refractivity contribution in [2.75, 3.05) is 11.9 Å². The van der Waals surface area contributed by atoms with Crippen molar-refractivity contribution >= 4 is 11.7 Å². The van der Waals surface area contributed by atoms with Gasteiger partial charge in [0.15, 0.2) is 5.82 Å². The van der Waals surface area contributed by atoms with Gasteiger partial charge >= 0.3 is 6.03 Å². The highest BCUT2D eigenvalue weighted by Crippen LogP contribution is 2.21. The number of aromatic nitrogens is 2. The highest BCUT2D eigenvalue weighted by atomic mass is 16.2. The molecule has 0 atom stereocenters. The number of nitrogens with zero attached hydrogens (tertiary/aromatic N) is 3. The second-order valence-corrected chi connectivity index (χ2v) is 6.69. The Morgan fingerprint density at radius 1 is 1.15 bits per heavy atom. The fourth-order valence-corrected chi connectivity index (χ4v) is 3.29. The first-order valence-corrected chi connectivity index (χ1v) is 9.28. The van der Waals surface area contributed by atoms with Crippen LogP contribution in [-0.2, 0) is 19.4 Å². The third-order valence-corrected chi connectivity index (χ3v) is 4.84. The van der Waals surface area contributed by atoms with E-state index < -0.39 is 0 Å². The topological polar surface area (TPSA) is 58.1 Å². The Labute approximate surface area is 159 Å². The van der Waals surface area contributed by atoms with E-state index in [1.54, 1.807) is 0 Å². The van der Waals surface area contributed by atoms with Crippen LogP contribution in [0.3, 0.4) is 0 Å². The van der Waals surface area contributed by atoms with Gasteiger partial charge in [-0.05, 0) is 24.1 Å². The Bertz CT molecular complexity index is 956. The molecule has 1 aliphatic heterocycles. The van der Waals surface area contributed by atoms with E-state index >= 15 is 0 Å². The Balaban J connectivity index is 1.47. The summed E-state index contributed by atoms with van der Waals surface area (Å²) in [5.74, 6) is 0.739. The first-order chi connectivity index (χ1) is 13.2. The minimum atomic E-state index is -0.0824. The second-order valence-electron chi connectivity index (χ2n) is 6.69. The molecule has 2 amide bonds. The molecule has 1 aromatic heterocycles. The number of hydrogen-bond acceptors (Lipinski definition) is 3. The molecule has 4 rings (SSSR count). The lowest BCUT2D eigenvalue weighted by molar-refractivity contribution is 0.206. The van der Waals surface area contributed by atoms with Gasteiger partial charge in [-0.2, -0.15) is 0 Å². The number of carbonyl (C=O) groups is 1. The van der Waals surface area contributed by atoms with Crippen molar-refractivity contribution in [2.24, 2.45) is 0 Å². The summed E-state index contributed by atoms with van der Waals surface area (Å²) in [5, 5.41) is 3.00. The molecule has 136 valence electrons. The summed E-state index contributed by atoms with van der Waals surface area (Å²) in [6.45, 7) is 3.29. The minimum absolute atomic E-state index is 0.0824. The predicted molar refractivity (Wildman–Crippen MR) is 106 cm³/mol. The number of benzene rings is 2. The fraction of sp³-hybridized carbons (Fsp3) is 0.227. The SMILES string of the molecule is CCc1cccc(NC(=O)N2CCc3nc(-c4ccccc4)ncc3C2)c1. The summed E-state index contributed by atoms with van der Waals surface area (Å²) < 4.78 is 0. The van der Waals surface area contributed by atoms with E-state index in [1.165, 1.54) is 5.56 Å². The van der Waals surface area contributed by atoms with Crippen LogP contribution in [0.25, 0.3) is 11.4 Å². The molecule has 1 N–H and O–H groups in total. The van der Waals surface area contributed by atoms with Crippen LogP contribution in [0, 0.1) is 0 Å². The van der Waals surface area contributed by atoms with Crippen LogP contribution in [0.1, 0.15) is 23.7 Å². The number of nitrogens with one attached hydrogen (secondary N) is 1. The van der Waals surface area contributed by atoms with Crippen molar-refractivity contribution in [3.63, 3.8) is 0 Å². The molecular formula is C22H22N4O. The van der Waals surface area contributed by atoms with Crippen LogP contribution in [0.2, 0.25) is 0 Å². The quantitative estimate of drug-likeness (QED) is 0.759. The monoisotopic (exact) mass is 358 g/mol. The number of anilines is 1. The summed E-state index contributed by atoms with van der Waals surface area (Å²) in [7, 11) is 0. The maximum absolute atomic E-state index is 12.6. The smallest absolute Gasteiger partial charge is 0.320 e. The van der Waals surface area contributed by atoms with Crippen LogP contribution in [0.5, 0.6) is 0 Å². The predicted octanol–water partition coefficient (Wildman–Crippen LogP) is 4.30. The van der Waals surface area contributed by atoms with Crippen LogP contribution in [0.4, 0.5) is 10.5 Å². The van der Waals surface area contributed by atoms with E-state index in [0.717, 1.165) is 41.2 Å². The van der Waals surface area contributed by atoms with Gasteiger partial charge in [0.2, 0.25) is 0 Å². The fourth-order valence-electron chi connectivity index (χ4n) is 3.29. The lowest BCUT2D eigenvalue weighted by Gasteiger charge is -2.28. The molecule has 3 aromatic rings. The molecule has 1 aliphatic rings. The van der Waals surface area contributed by atoms with E-state index in [2.05, 4.69) is 23.3 Å². The molecule has 5 heteroatoms. The molecule has 2 aromatic carbocycles. The van der Waals surface area contributed by atoms with E-state index in [1.807, 2.05) is 59.6 Å². The van der Waals surface area contributed by atoms with E-state index in [9.17, 15) is 4.79 Å². The van der Waals surface area contributed by atoms with E-state index in [4.69, 9.17) is 4.98 Å². The van der Waals surface area contributed by atoms with Crippen LogP contribution >= 0.6 is 0 Å². The number of carbonyl (C=O) groups excluding carboxylic acids is 1. The molecule has 0 saturated carbocycles. The lowest BCUT2D eigenvalue weighted by atomic mass is 10.1. The van der Waals surface area contributed by atoms with Gasteiger partial charge in [0.1, 0.15) is 0 Å². The van der Waals surface area contributed by atoms with Gasteiger partial charge in [-0.3, -0.25) is 0 Å². The summed E-state index contributed by atoms with van der Waals surface area (Å²) in [4.78, 5) is 23.7. The normalized spacial score (nSPS) is 13.1. The van der Waals surface area contributed by atoms with Crippen molar-refractivity contribution in [2.45, 2.75) is 26.3 Å². The summed E-state index contributed by atoms with van der Waals surface area (Å²) in [6.07, 6.45) is 3.53. The number of rotatable bonds is 3. The molecule has 27 heavy (non-hydrogen) atoms. The standard InChI is InChI=1S/C22H22N4O/c1-2-16-7-6-10-19(13-16)24-22(27)26-12-11-20-18(15-26)14-23-21(25-20)17-8-4-3-5-9-17/h3-10,13-14H,2,11-12,15H2,1H3,(H,24,27). The number of urea groups is 1. The van der Waals surface area contributed by atoms with Crippen molar-refractivity contribution in [3.8, 4) is 11.4 Å². The molecule has 5 nitrogen and oxygen atoms in total. The molecule has 0 saturated heterocycles. The number of amides is 2. The average Bonchev–Trinajstić information content (AvgIpc) is 2.73. The molecular weight excluding hydrogens is 336 g/mol. The van der Waals surface area contributed by atoms with Crippen molar-refractivity contribution < 1.29 is 4.79 Å². The maximum atomic E-state index is 12.6. The van der Waals surface area contributed by atoms with Gasteiger partial charge in [-0.25, -0.2) is 14.8 Å². The lowest BCUT2D eigenvalue weighted by Crippen LogP contribution is -2.39. The Hall–Kier alpha value is -3.21. The Morgan fingerprint density at radius 2 is 2.00 bits per heavy atom. The van der Waals surface area contributed by atoms with E-state index in [-0.39, 0.29) is 6.03 Å².